The van der Waals surface area contributed by atoms with E-state index >= 15 is 0 Å². The smallest absolute Gasteiger partial charge is 0.221 e. The Hall–Kier alpha value is -2.49. The standard InChI is InChI=1S/C19H21NO3/c21-16-9-7-13(8-10-16)18(14-3-1-6-17(22)11-14)12-19(23)20-15-4-2-5-15/h1,3,6-11,15,18,21-22H,2,4-5,12H2,(H,20,23)/t18-/m1/s1. The van der Waals surface area contributed by atoms with Crippen LogP contribution in [0, 0.1) is 0 Å². The second-order valence-corrected chi connectivity index (χ2v) is 6.14. The Morgan fingerprint density at radius 3 is 2.39 bits per heavy atom. The molecule has 1 amide bonds. The molecule has 4 heteroatoms. The average Bonchev–Trinajstić information content (AvgIpc) is 2.50. The maximum absolute atomic E-state index is 12.3. The summed E-state index contributed by atoms with van der Waals surface area (Å²) >= 11 is 0. The highest BCUT2D eigenvalue weighted by Crippen LogP contribution is 2.31. The summed E-state index contributed by atoms with van der Waals surface area (Å²) in [5.41, 5.74) is 1.83. The first-order valence-electron chi connectivity index (χ1n) is 7.99. The number of carbonyl (C=O) groups is 1. The number of hydrogen-bond acceptors (Lipinski definition) is 3. The lowest BCUT2D eigenvalue weighted by molar-refractivity contribution is -0.122. The van der Waals surface area contributed by atoms with Crippen LogP contribution in [0.4, 0.5) is 0 Å². The van der Waals surface area contributed by atoms with Gasteiger partial charge in [0, 0.05) is 18.4 Å². The van der Waals surface area contributed by atoms with E-state index < -0.39 is 0 Å². The van der Waals surface area contributed by atoms with Crippen LogP contribution in [0.1, 0.15) is 42.7 Å². The van der Waals surface area contributed by atoms with Crippen LogP contribution in [0.3, 0.4) is 0 Å². The number of phenolic OH excluding ortho intramolecular Hbond substituents is 2. The normalized spacial score (nSPS) is 15.7. The third kappa shape index (κ3) is 3.83. The number of phenols is 2. The Balaban J connectivity index is 1.83. The van der Waals surface area contributed by atoms with Crippen LogP contribution in [0.2, 0.25) is 0 Å². The molecule has 1 atom stereocenters. The SMILES string of the molecule is O=C(C[C@H](c1ccc(O)cc1)c1cccc(O)c1)NC1CCC1. The number of nitrogens with one attached hydrogen (secondary N) is 1. The summed E-state index contributed by atoms with van der Waals surface area (Å²) in [6.07, 6.45) is 3.62. The van der Waals surface area contributed by atoms with Crippen molar-refractivity contribution in [3.63, 3.8) is 0 Å². The summed E-state index contributed by atoms with van der Waals surface area (Å²) in [6, 6.07) is 14.2. The number of rotatable bonds is 5. The van der Waals surface area contributed by atoms with Gasteiger partial charge in [-0.1, -0.05) is 24.3 Å². The maximum Gasteiger partial charge on any atom is 0.221 e. The molecular formula is C19H21NO3. The van der Waals surface area contributed by atoms with Gasteiger partial charge in [-0.3, -0.25) is 4.79 Å². The monoisotopic (exact) mass is 311 g/mol. The largest absolute Gasteiger partial charge is 0.508 e. The first kappa shape index (κ1) is 15.4. The summed E-state index contributed by atoms with van der Waals surface area (Å²) < 4.78 is 0. The Morgan fingerprint density at radius 2 is 1.78 bits per heavy atom. The topological polar surface area (TPSA) is 69.6 Å². The van der Waals surface area contributed by atoms with Crippen molar-refractivity contribution in [3.8, 4) is 11.5 Å². The van der Waals surface area contributed by atoms with Crippen LogP contribution in [0.15, 0.2) is 48.5 Å². The average molecular weight is 311 g/mol. The predicted octanol–water partition coefficient (Wildman–Crippen LogP) is 3.29. The van der Waals surface area contributed by atoms with Gasteiger partial charge >= 0.3 is 0 Å². The van der Waals surface area contributed by atoms with E-state index in [0.717, 1.165) is 24.0 Å². The second-order valence-electron chi connectivity index (χ2n) is 6.14. The van der Waals surface area contributed by atoms with Crippen molar-refractivity contribution in [3.05, 3.63) is 59.7 Å². The molecule has 120 valence electrons. The quantitative estimate of drug-likeness (QED) is 0.793. The van der Waals surface area contributed by atoms with E-state index in [4.69, 9.17) is 0 Å². The van der Waals surface area contributed by atoms with E-state index in [9.17, 15) is 15.0 Å². The Morgan fingerprint density at radius 1 is 1.04 bits per heavy atom. The van der Waals surface area contributed by atoms with E-state index in [2.05, 4.69) is 5.32 Å². The fourth-order valence-corrected chi connectivity index (χ4v) is 2.90. The van der Waals surface area contributed by atoms with Gasteiger partial charge in [-0.25, -0.2) is 0 Å². The summed E-state index contributed by atoms with van der Waals surface area (Å²) in [5.74, 6) is 0.256. The summed E-state index contributed by atoms with van der Waals surface area (Å²) in [5, 5.41) is 22.3. The van der Waals surface area contributed by atoms with Gasteiger partial charge in [0.25, 0.3) is 0 Å². The van der Waals surface area contributed by atoms with Gasteiger partial charge in [0.15, 0.2) is 0 Å². The minimum atomic E-state index is -0.150. The molecule has 1 aliphatic rings. The minimum Gasteiger partial charge on any atom is -0.508 e. The van der Waals surface area contributed by atoms with Gasteiger partial charge < -0.3 is 15.5 Å². The van der Waals surface area contributed by atoms with Crippen molar-refractivity contribution in [2.75, 3.05) is 0 Å². The van der Waals surface area contributed by atoms with Crippen LogP contribution in [-0.4, -0.2) is 22.2 Å². The van der Waals surface area contributed by atoms with Crippen molar-refractivity contribution < 1.29 is 15.0 Å². The zero-order chi connectivity index (χ0) is 16.2. The summed E-state index contributed by atoms with van der Waals surface area (Å²) in [6.45, 7) is 0. The molecule has 0 bridgehead atoms. The molecule has 2 aromatic carbocycles. The molecule has 0 unspecified atom stereocenters. The molecule has 0 aromatic heterocycles. The minimum absolute atomic E-state index is 0.0242. The van der Waals surface area contributed by atoms with Crippen molar-refractivity contribution in [1.82, 2.24) is 5.32 Å². The van der Waals surface area contributed by atoms with E-state index in [1.807, 2.05) is 18.2 Å². The predicted molar refractivity (Wildman–Crippen MR) is 88.5 cm³/mol. The fourth-order valence-electron chi connectivity index (χ4n) is 2.90. The van der Waals surface area contributed by atoms with Gasteiger partial charge in [-0.2, -0.15) is 0 Å². The third-order valence-electron chi connectivity index (χ3n) is 4.43. The number of aromatic hydroxyl groups is 2. The number of hydrogen-bond donors (Lipinski definition) is 3. The lowest BCUT2D eigenvalue weighted by Gasteiger charge is -2.27. The molecule has 0 aliphatic heterocycles. The van der Waals surface area contributed by atoms with Crippen molar-refractivity contribution in [2.24, 2.45) is 0 Å². The number of amides is 1. The highest BCUT2D eigenvalue weighted by atomic mass is 16.3. The summed E-state index contributed by atoms with van der Waals surface area (Å²) in [7, 11) is 0. The van der Waals surface area contributed by atoms with E-state index in [1.54, 1.807) is 30.3 Å². The van der Waals surface area contributed by atoms with Crippen LogP contribution in [0.25, 0.3) is 0 Å². The van der Waals surface area contributed by atoms with E-state index in [-0.39, 0.29) is 23.3 Å². The Labute approximate surface area is 135 Å². The third-order valence-corrected chi connectivity index (χ3v) is 4.43. The molecule has 1 aliphatic carbocycles. The van der Waals surface area contributed by atoms with Crippen molar-refractivity contribution in [2.45, 2.75) is 37.6 Å². The van der Waals surface area contributed by atoms with Crippen LogP contribution < -0.4 is 5.32 Å². The van der Waals surface area contributed by atoms with Gasteiger partial charge in [-0.05, 0) is 54.7 Å². The molecule has 0 heterocycles. The molecule has 0 spiro atoms. The zero-order valence-corrected chi connectivity index (χ0v) is 12.9. The lowest BCUT2D eigenvalue weighted by atomic mass is 9.87. The highest BCUT2D eigenvalue weighted by molar-refractivity contribution is 5.78. The van der Waals surface area contributed by atoms with Crippen molar-refractivity contribution >= 4 is 5.91 Å². The molecule has 0 saturated heterocycles. The molecule has 1 saturated carbocycles. The van der Waals surface area contributed by atoms with E-state index in [1.165, 1.54) is 6.42 Å². The molecule has 4 nitrogen and oxygen atoms in total. The Bertz CT molecular complexity index is 677. The molecule has 3 N–H and O–H groups in total. The zero-order valence-electron chi connectivity index (χ0n) is 12.9. The number of benzene rings is 2. The first-order valence-corrected chi connectivity index (χ1v) is 7.99. The van der Waals surface area contributed by atoms with Crippen LogP contribution >= 0.6 is 0 Å². The molecule has 3 rings (SSSR count). The maximum atomic E-state index is 12.3. The fraction of sp³-hybridized carbons (Fsp3) is 0.316. The Kier molecular flexibility index (Phi) is 4.51. The van der Waals surface area contributed by atoms with Crippen molar-refractivity contribution in [1.29, 1.82) is 0 Å². The van der Waals surface area contributed by atoms with Crippen LogP contribution in [0.5, 0.6) is 11.5 Å². The van der Waals surface area contributed by atoms with E-state index in [0.29, 0.717) is 12.5 Å². The second kappa shape index (κ2) is 6.73. The van der Waals surface area contributed by atoms with Gasteiger partial charge in [0.05, 0.1) is 0 Å². The first-order chi connectivity index (χ1) is 11.1. The molecule has 23 heavy (non-hydrogen) atoms. The lowest BCUT2D eigenvalue weighted by Crippen LogP contribution is -2.40. The molecular weight excluding hydrogens is 290 g/mol. The molecule has 2 aromatic rings. The summed E-state index contributed by atoms with van der Waals surface area (Å²) in [4.78, 5) is 12.3. The molecule has 1 fully saturated rings. The van der Waals surface area contributed by atoms with Gasteiger partial charge in [-0.15, -0.1) is 0 Å². The number of carbonyl (C=O) groups excluding carboxylic acids is 1. The van der Waals surface area contributed by atoms with Gasteiger partial charge in [0.2, 0.25) is 5.91 Å². The van der Waals surface area contributed by atoms with Crippen LogP contribution in [-0.2, 0) is 4.79 Å². The van der Waals surface area contributed by atoms with Gasteiger partial charge in [0.1, 0.15) is 11.5 Å². The highest BCUT2D eigenvalue weighted by Gasteiger charge is 2.23. The molecule has 0 radical (unpaired) electrons.